The van der Waals surface area contributed by atoms with Gasteiger partial charge in [0.1, 0.15) is 11.5 Å². The fraction of sp³-hybridized carbons (Fsp3) is 0.417. The highest BCUT2D eigenvalue weighted by Gasteiger charge is 2.15. The summed E-state index contributed by atoms with van der Waals surface area (Å²) in [7, 11) is 0. The van der Waals surface area contributed by atoms with E-state index in [1.54, 1.807) is 0 Å². The molecule has 0 saturated carbocycles. The minimum atomic E-state index is -0.348. The molecule has 1 N–H and O–H groups in total. The van der Waals surface area contributed by atoms with E-state index >= 15 is 0 Å². The average molecular weight is 296 g/mol. The number of amides is 1. The summed E-state index contributed by atoms with van der Waals surface area (Å²) in [6, 6.07) is 0. The van der Waals surface area contributed by atoms with Gasteiger partial charge < -0.3 is 9.84 Å². The van der Waals surface area contributed by atoms with Crippen molar-refractivity contribution in [3.63, 3.8) is 0 Å². The van der Waals surface area contributed by atoms with Crippen LogP contribution in [0.1, 0.15) is 42.0 Å². The molecule has 0 fully saturated rings. The van der Waals surface area contributed by atoms with Gasteiger partial charge in [-0.15, -0.1) is 0 Å². The van der Waals surface area contributed by atoms with Gasteiger partial charge in [0.2, 0.25) is 5.89 Å². The van der Waals surface area contributed by atoms with Crippen molar-refractivity contribution in [2.24, 2.45) is 0 Å². The first-order chi connectivity index (χ1) is 9.58. The Morgan fingerprint density at radius 2 is 2.25 bits per heavy atom. The van der Waals surface area contributed by atoms with Gasteiger partial charge >= 0.3 is 0 Å². The van der Waals surface area contributed by atoms with E-state index in [4.69, 9.17) is 16.1 Å². The second-order valence-corrected chi connectivity index (χ2v) is 4.83. The van der Waals surface area contributed by atoms with E-state index in [1.807, 2.05) is 13.8 Å². The normalized spacial score (nSPS) is 10.8. The zero-order chi connectivity index (χ0) is 14.5. The maximum atomic E-state index is 12.0. The lowest BCUT2D eigenvalue weighted by Gasteiger charge is -2.08. The molecule has 0 aliphatic heterocycles. The van der Waals surface area contributed by atoms with Crippen LogP contribution >= 0.6 is 11.6 Å². The number of nitrogens with zero attached hydrogens (tertiary/aromatic N) is 4. The number of hydrogen-bond acceptors (Lipinski definition) is 6. The molecule has 0 spiro atoms. The Morgan fingerprint density at radius 3 is 2.90 bits per heavy atom. The Balaban J connectivity index is 1.99. The Kier molecular flexibility index (Phi) is 4.62. The first-order valence-corrected chi connectivity index (χ1v) is 6.52. The smallest absolute Gasteiger partial charge is 0.271 e. The molecule has 0 aromatic carbocycles. The van der Waals surface area contributed by atoms with Crippen LogP contribution in [0.3, 0.4) is 0 Å². The van der Waals surface area contributed by atoms with Crippen LogP contribution in [-0.4, -0.2) is 32.6 Å². The Bertz CT molecular complexity index is 586. The molecule has 0 aliphatic carbocycles. The van der Waals surface area contributed by atoms with Gasteiger partial charge in [0.15, 0.2) is 6.33 Å². The second kappa shape index (κ2) is 6.42. The third-order valence-electron chi connectivity index (χ3n) is 2.53. The van der Waals surface area contributed by atoms with Crippen LogP contribution in [0.25, 0.3) is 0 Å². The predicted octanol–water partition coefficient (Wildman–Crippen LogP) is 1.61. The minimum Gasteiger partial charge on any atom is -0.350 e. The van der Waals surface area contributed by atoms with Crippen molar-refractivity contribution in [2.75, 3.05) is 6.54 Å². The van der Waals surface area contributed by atoms with Crippen molar-refractivity contribution in [3.8, 4) is 0 Å². The summed E-state index contributed by atoms with van der Waals surface area (Å²) in [5.74, 6) is 0.814. The summed E-state index contributed by atoms with van der Waals surface area (Å²) in [5.41, 5.74) is 0.177. The largest absolute Gasteiger partial charge is 0.350 e. The van der Waals surface area contributed by atoms with Crippen LogP contribution in [0, 0.1) is 0 Å². The van der Waals surface area contributed by atoms with Gasteiger partial charge in [0.25, 0.3) is 5.91 Å². The highest BCUT2D eigenvalue weighted by Crippen LogP contribution is 2.16. The number of halogens is 1. The summed E-state index contributed by atoms with van der Waals surface area (Å²) in [4.78, 5) is 24.1. The van der Waals surface area contributed by atoms with Crippen LogP contribution in [0.4, 0.5) is 0 Å². The average Bonchev–Trinajstić information content (AvgIpc) is 2.92. The van der Waals surface area contributed by atoms with Gasteiger partial charge in [0.05, 0.1) is 11.2 Å². The SMILES string of the molecule is CC(C)c1ncc(Cl)c(C(=O)NCCc2ncno2)n1. The number of hydrogen-bond donors (Lipinski definition) is 1. The zero-order valence-electron chi connectivity index (χ0n) is 11.1. The van der Waals surface area contributed by atoms with Gasteiger partial charge in [-0.2, -0.15) is 4.98 Å². The molecule has 2 heterocycles. The van der Waals surface area contributed by atoms with Crippen LogP contribution in [0.2, 0.25) is 5.02 Å². The van der Waals surface area contributed by atoms with Crippen molar-refractivity contribution in [3.05, 3.63) is 35.0 Å². The highest BCUT2D eigenvalue weighted by molar-refractivity contribution is 6.33. The summed E-state index contributed by atoms with van der Waals surface area (Å²) in [6.07, 6.45) is 3.20. The van der Waals surface area contributed by atoms with Crippen molar-refractivity contribution >= 4 is 17.5 Å². The van der Waals surface area contributed by atoms with E-state index in [0.717, 1.165) is 0 Å². The molecule has 20 heavy (non-hydrogen) atoms. The monoisotopic (exact) mass is 295 g/mol. The van der Waals surface area contributed by atoms with Crippen LogP contribution in [0.15, 0.2) is 17.0 Å². The maximum absolute atomic E-state index is 12.0. The van der Waals surface area contributed by atoms with Crippen LogP contribution in [0.5, 0.6) is 0 Å². The van der Waals surface area contributed by atoms with Crippen molar-refractivity contribution in [1.82, 2.24) is 25.4 Å². The molecule has 0 bridgehead atoms. The quantitative estimate of drug-likeness (QED) is 0.900. The number of carbonyl (C=O) groups excluding carboxylic acids is 1. The Hall–Kier alpha value is -2.02. The number of carbonyl (C=O) groups is 1. The summed E-state index contributed by atoms with van der Waals surface area (Å²) in [5, 5.41) is 6.41. The molecule has 0 unspecified atom stereocenters. The third kappa shape index (κ3) is 3.51. The lowest BCUT2D eigenvalue weighted by Crippen LogP contribution is -2.27. The second-order valence-electron chi connectivity index (χ2n) is 4.42. The lowest BCUT2D eigenvalue weighted by molar-refractivity contribution is 0.0948. The van der Waals surface area contributed by atoms with E-state index in [9.17, 15) is 4.79 Å². The molecule has 0 saturated heterocycles. The highest BCUT2D eigenvalue weighted by atomic mass is 35.5. The standard InChI is InChI=1S/C12H14ClN5O2/c1-7(2)11-15-5-8(13)10(18-11)12(19)14-4-3-9-16-6-17-20-9/h5-7H,3-4H2,1-2H3,(H,14,19). The number of nitrogens with one attached hydrogen (secondary N) is 1. The van der Waals surface area contributed by atoms with E-state index in [1.165, 1.54) is 12.5 Å². The molecular weight excluding hydrogens is 282 g/mol. The predicted molar refractivity (Wildman–Crippen MR) is 71.5 cm³/mol. The fourth-order valence-electron chi connectivity index (χ4n) is 1.49. The fourth-order valence-corrected chi connectivity index (χ4v) is 1.67. The molecule has 2 aromatic rings. The zero-order valence-corrected chi connectivity index (χ0v) is 11.9. The lowest BCUT2D eigenvalue weighted by atomic mass is 10.2. The number of rotatable bonds is 5. The molecule has 1 amide bonds. The van der Waals surface area contributed by atoms with Gasteiger partial charge in [-0.1, -0.05) is 30.6 Å². The van der Waals surface area contributed by atoms with Gasteiger partial charge in [-0.25, -0.2) is 9.97 Å². The minimum absolute atomic E-state index is 0.122. The molecule has 0 atom stereocenters. The van der Waals surface area contributed by atoms with Gasteiger partial charge in [-0.05, 0) is 0 Å². The van der Waals surface area contributed by atoms with E-state index in [-0.39, 0.29) is 22.5 Å². The van der Waals surface area contributed by atoms with E-state index in [2.05, 4.69) is 25.4 Å². The first kappa shape index (κ1) is 14.4. The van der Waals surface area contributed by atoms with Crippen LogP contribution < -0.4 is 5.32 Å². The Morgan fingerprint density at radius 1 is 1.45 bits per heavy atom. The van der Waals surface area contributed by atoms with Crippen molar-refractivity contribution < 1.29 is 9.32 Å². The summed E-state index contributed by atoms with van der Waals surface area (Å²) < 4.78 is 4.83. The Labute approximate surface area is 120 Å². The molecule has 106 valence electrons. The summed E-state index contributed by atoms with van der Waals surface area (Å²) in [6.45, 7) is 4.25. The van der Waals surface area contributed by atoms with Gasteiger partial charge in [-0.3, -0.25) is 4.79 Å². The molecule has 0 radical (unpaired) electrons. The molecule has 2 rings (SSSR count). The van der Waals surface area contributed by atoms with Crippen molar-refractivity contribution in [2.45, 2.75) is 26.2 Å². The van der Waals surface area contributed by atoms with Crippen LogP contribution in [-0.2, 0) is 6.42 Å². The first-order valence-electron chi connectivity index (χ1n) is 6.14. The van der Waals surface area contributed by atoms with Crippen molar-refractivity contribution in [1.29, 1.82) is 0 Å². The molecule has 7 nitrogen and oxygen atoms in total. The molecular formula is C12H14ClN5O2. The van der Waals surface area contributed by atoms with E-state index < -0.39 is 0 Å². The summed E-state index contributed by atoms with van der Waals surface area (Å²) >= 11 is 5.95. The number of aromatic nitrogens is 4. The third-order valence-corrected chi connectivity index (χ3v) is 2.80. The molecule has 8 heteroatoms. The maximum Gasteiger partial charge on any atom is 0.271 e. The molecule has 0 aliphatic rings. The van der Waals surface area contributed by atoms with Gasteiger partial charge in [0, 0.05) is 18.9 Å². The topological polar surface area (TPSA) is 93.8 Å². The molecule has 2 aromatic heterocycles. The van der Waals surface area contributed by atoms with E-state index in [0.29, 0.717) is 24.7 Å².